The number of nitrogens with zero attached hydrogens (tertiary/aromatic N) is 3. The van der Waals surface area contributed by atoms with Gasteiger partial charge in [0, 0.05) is 12.6 Å². The van der Waals surface area contributed by atoms with Crippen LogP contribution in [-0.4, -0.2) is 26.0 Å². The van der Waals surface area contributed by atoms with Crippen molar-refractivity contribution in [3.8, 4) is 0 Å². The molecular formula is C16H13BrF3N3O2. The van der Waals surface area contributed by atoms with Gasteiger partial charge in [-0.2, -0.15) is 13.2 Å². The zero-order chi connectivity index (χ0) is 18.8. The lowest BCUT2D eigenvalue weighted by Crippen LogP contribution is -2.40. The number of carbonyl (C=O) groups excluding carboxylic acids is 1. The molecule has 0 saturated carbocycles. The number of aromatic nitrogens is 2. The van der Waals surface area contributed by atoms with Gasteiger partial charge in [-0.1, -0.05) is 18.2 Å². The molecule has 0 saturated heterocycles. The van der Waals surface area contributed by atoms with Crippen molar-refractivity contribution >= 4 is 27.4 Å². The molecular weight excluding hydrogens is 403 g/mol. The lowest BCUT2D eigenvalue weighted by Gasteiger charge is -2.22. The van der Waals surface area contributed by atoms with Gasteiger partial charge in [0.15, 0.2) is 11.5 Å². The van der Waals surface area contributed by atoms with Gasteiger partial charge in [0.25, 0.3) is 0 Å². The van der Waals surface area contributed by atoms with Crippen LogP contribution in [0.25, 0.3) is 4.85 Å². The molecule has 0 aliphatic heterocycles. The number of carbonyl (C=O) groups is 1. The van der Waals surface area contributed by atoms with Crippen LogP contribution in [0.15, 0.2) is 35.3 Å². The van der Waals surface area contributed by atoms with Crippen molar-refractivity contribution < 1.29 is 23.1 Å². The standard InChI is InChI=1S/C16H13BrF3N3O2/c1-15(25,8-23-7-14(17)22-9-23)13(24)6-10-3-4-12(21-2)11(5-10)16(18,19)20/h3-5,7,9,25H,6,8H2,1H3/t15-/m0/s1. The van der Waals surface area contributed by atoms with Crippen molar-refractivity contribution in [2.24, 2.45) is 0 Å². The molecule has 5 nitrogen and oxygen atoms in total. The van der Waals surface area contributed by atoms with E-state index in [4.69, 9.17) is 6.57 Å². The highest BCUT2D eigenvalue weighted by Crippen LogP contribution is 2.37. The fourth-order valence-corrected chi connectivity index (χ4v) is 2.61. The molecule has 1 heterocycles. The Balaban J connectivity index is 2.21. The maximum atomic E-state index is 13.0. The molecule has 1 aromatic carbocycles. The number of imidazole rings is 1. The van der Waals surface area contributed by atoms with Crippen LogP contribution in [0.5, 0.6) is 0 Å². The van der Waals surface area contributed by atoms with E-state index in [1.807, 2.05) is 0 Å². The molecule has 1 N–H and O–H groups in total. The molecule has 132 valence electrons. The van der Waals surface area contributed by atoms with Crippen LogP contribution in [-0.2, 0) is 23.9 Å². The molecule has 9 heteroatoms. The van der Waals surface area contributed by atoms with E-state index in [2.05, 4.69) is 25.8 Å². The number of alkyl halides is 3. The minimum absolute atomic E-state index is 0.0804. The van der Waals surface area contributed by atoms with Gasteiger partial charge in [-0.05, 0) is 28.4 Å². The lowest BCUT2D eigenvalue weighted by atomic mass is 9.94. The number of aliphatic hydroxyl groups is 1. The van der Waals surface area contributed by atoms with E-state index in [1.54, 1.807) is 6.20 Å². The third-order valence-electron chi connectivity index (χ3n) is 3.54. The highest BCUT2D eigenvalue weighted by atomic mass is 79.9. The first-order valence-electron chi connectivity index (χ1n) is 7.03. The Hall–Kier alpha value is -2.18. The monoisotopic (exact) mass is 415 g/mol. The van der Waals surface area contributed by atoms with Crippen LogP contribution in [0.3, 0.4) is 0 Å². The Labute approximate surface area is 150 Å². The number of Topliss-reactive ketones (excluding diaryl/α,β-unsaturated/α-hetero) is 1. The quantitative estimate of drug-likeness (QED) is 0.755. The van der Waals surface area contributed by atoms with Gasteiger partial charge in [-0.3, -0.25) is 4.79 Å². The Morgan fingerprint density at radius 2 is 2.12 bits per heavy atom. The van der Waals surface area contributed by atoms with Crippen molar-refractivity contribution in [1.82, 2.24) is 9.55 Å². The van der Waals surface area contributed by atoms with Crippen LogP contribution in [0.1, 0.15) is 18.1 Å². The summed E-state index contributed by atoms with van der Waals surface area (Å²) in [6.45, 7) is 8.01. The number of halogens is 4. The molecule has 0 aliphatic rings. The summed E-state index contributed by atoms with van der Waals surface area (Å²) < 4.78 is 41.0. The Morgan fingerprint density at radius 1 is 1.44 bits per heavy atom. The van der Waals surface area contributed by atoms with Crippen molar-refractivity contribution in [2.45, 2.75) is 31.7 Å². The van der Waals surface area contributed by atoms with Crippen LogP contribution >= 0.6 is 15.9 Å². The van der Waals surface area contributed by atoms with Gasteiger partial charge in [0.2, 0.25) is 0 Å². The maximum Gasteiger partial charge on any atom is 0.407 e. The van der Waals surface area contributed by atoms with Crippen molar-refractivity contribution in [1.29, 1.82) is 0 Å². The third kappa shape index (κ3) is 4.67. The van der Waals surface area contributed by atoms with Gasteiger partial charge in [0.1, 0.15) is 10.2 Å². The van der Waals surface area contributed by atoms with E-state index < -0.39 is 28.8 Å². The minimum atomic E-state index is -4.69. The normalized spacial score (nSPS) is 14.0. The summed E-state index contributed by atoms with van der Waals surface area (Å²) in [5.74, 6) is -0.638. The molecule has 2 rings (SSSR count). The van der Waals surface area contributed by atoms with Crippen LogP contribution in [0, 0.1) is 6.57 Å². The highest BCUT2D eigenvalue weighted by molar-refractivity contribution is 9.10. The molecule has 25 heavy (non-hydrogen) atoms. The van der Waals surface area contributed by atoms with Gasteiger partial charge in [0.05, 0.1) is 25.0 Å². The van der Waals surface area contributed by atoms with Crippen LogP contribution < -0.4 is 0 Å². The van der Waals surface area contributed by atoms with Crippen molar-refractivity contribution in [3.63, 3.8) is 0 Å². The summed E-state index contributed by atoms with van der Waals surface area (Å²) in [6, 6.07) is 3.08. The third-order valence-corrected chi connectivity index (χ3v) is 3.95. The van der Waals surface area contributed by atoms with Crippen LogP contribution in [0.4, 0.5) is 18.9 Å². The molecule has 0 bridgehead atoms. The molecule has 0 unspecified atom stereocenters. The number of ketones is 1. The van der Waals surface area contributed by atoms with E-state index in [0.29, 0.717) is 4.60 Å². The van der Waals surface area contributed by atoms with E-state index in [1.165, 1.54) is 23.9 Å². The second-order valence-corrected chi connectivity index (χ2v) is 6.52. The Bertz CT molecular complexity index is 838. The second-order valence-electron chi connectivity index (χ2n) is 5.70. The summed E-state index contributed by atoms with van der Waals surface area (Å²) in [6.07, 6.45) is -2.10. The molecule has 1 atom stereocenters. The lowest BCUT2D eigenvalue weighted by molar-refractivity contribution is -0.138. The highest BCUT2D eigenvalue weighted by Gasteiger charge is 2.35. The second kappa shape index (κ2) is 6.98. The SMILES string of the molecule is [C-]#[N+]c1ccc(CC(=O)[C@@](C)(O)Cn2cnc(Br)c2)cc1C(F)(F)F. The van der Waals surface area contributed by atoms with Crippen molar-refractivity contribution in [3.05, 3.63) is 57.9 Å². The molecule has 0 radical (unpaired) electrons. The average Bonchev–Trinajstić information content (AvgIpc) is 2.90. The topological polar surface area (TPSA) is 59.5 Å². The summed E-state index contributed by atoms with van der Waals surface area (Å²) in [4.78, 5) is 19.1. The first-order chi connectivity index (χ1) is 11.5. The molecule has 0 aliphatic carbocycles. The van der Waals surface area contributed by atoms with E-state index in [-0.39, 0.29) is 18.5 Å². The summed E-state index contributed by atoms with van der Waals surface area (Å²) >= 11 is 3.14. The molecule has 1 aromatic heterocycles. The maximum absolute atomic E-state index is 13.0. The van der Waals surface area contributed by atoms with Crippen LogP contribution in [0.2, 0.25) is 0 Å². The number of hydrogen-bond acceptors (Lipinski definition) is 3. The smallest absolute Gasteiger partial charge is 0.380 e. The van der Waals surface area contributed by atoms with E-state index >= 15 is 0 Å². The number of rotatable bonds is 5. The molecule has 0 fully saturated rings. The molecule has 0 spiro atoms. The van der Waals surface area contributed by atoms with Gasteiger partial charge < -0.3 is 9.67 Å². The average molecular weight is 416 g/mol. The Kier molecular flexibility index (Phi) is 5.34. The van der Waals surface area contributed by atoms with Gasteiger partial charge in [-0.25, -0.2) is 9.83 Å². The van der Waals surface area contributed by atoms with Gasteiger partial charge >= 0.3 is 6.18 Å². The largest absolute Gasteiger partial charge is 0.407 e. The fourth-order valence-electron chi connectivity index (χ4n) is 2.26. The predicted molar refractivity (Wildman–Crippen MR) is 87.0 cm³/mol. The van der Waals surface area contributed by atoms with Crippen molar-refractivity contribution in [2.75, 3.05) is 0 Å². The predicted octanol–water partition coefficient (Wildman–Crippen LogP) is 3.78. The molecule has 2 aromatic rings. The first kappa shape index (κ1) is 19.1. The zero-order valence-electron chi connectivity index (χ0n) is 13.0. The zero-order valence-corrected chi connectivity index (χ0v) is 14.6. The van der Waals surface area contributed by atoms with E-state index in [9.17, 15) is 23.1 Å². The summed E-state index contributed by atoms with van der Waals surface area (Å²) in [5.41, 5.74) is -3.32. The Morgan fingerprint density at radius 3 is 2.64 bits per heavy atom. The minimum Gasteiger partial charge on any atom is -0.380 e. The fraction of sp³-hybridized carbons (Fsp3) is 0.312. The number of hydrogen-bond donors (Lipinski definition) is 1. The molecule has 0 amide bonds. The summed E-state index contributed by atoms with van der Waals surface area (Å²) in [5, 5.41) is 10.4. The first-order valence-corrected chi connectivity index (χ1v) is 7.83. The summed E-state index contributed by atoms with van der Waals surface area (Å²) in [7, 11) is 0. The van der Waals surface area contributed by atoms with E-state index in [0.717, 1.165) is 12.1 Å². The number of benzene rings is 1. The van der Waals surface area contributed by atoms with Gasteiger partial charge in [-0.15, -0.1) is 0 Å².